The number of carbonyl (C=O) groups is 1. The van der Waals surface area contributed by atoms with Crippen LogP contribution in [0.1, 0.15) is 6.92 Å². The number of rotatable bonds is 2. The predicted molar refractivity (Wildman–Crippen MR) is 42.2 cm³/mol. The van der Waals surface area contributed by atoms with E-state index in [4.69, 9.17) is 16.0 Å². The minimum absolute atomic E-state index is 0.0200. The zero-order valence-electron chi connectivity index (χ0n) is 7.20. The number of carbonyl (C=O) groups excluding carboxylic acids is 1. The first-order valence-electron chi connectivity index (χ1n) is 3.84. The molecule has 1 fully saturated rings. The van der Waals surface area contributed by atoms with Crippen LogP contribution in [-0.4, -0.2) is 25.8 Å². The molecule has 5 heteroatoms. The molecule has 0 aromatic rings. The van der Waals surface area contributed by atoms with Gasteiger partial charge in [0.25, 0.3) is 5.95 Å². The maximum Gasteiger partial charge on any atom is 0.346 e. The number of ether oxygens (including phenoxy) is 3. The lowest BCUT2D eigenvalue weighted by Gasteiger charge is -2.02. The molecule has 0 saturated carbocycles. The molecule has 0 aromatic carbocycles. The molecular weight excluding hydrogens is 174 g/mol. The molecule has 0 unspecified atom stereocenters. The van der Waals surface area contributed by atoms with Crippen LogP contribution < -0.4 is 0 Å². The van der Waals surface area contributed by atoms with Crippen LogP contribution >= 0.6 is 0 Å². The highest BCUT2D eigenvalue weighted by molar-refractivity contribution is 5.90. The molecule has 0 N–H and O–H groups in total. The molecule has 0 aromatic heterocycles. The van der Waals surface area contributed by atoms with Gasteiger partial charge in [-0.15, -0.1) is 0 Å². The summed E-state index contributed by atoms with van der Waals surface area (Å²) in [5.74, 6) is -0.720. The summed E-state index contributed by atoms with van der Waals surface area (Å²) in [4.78, 5) is 14.1. The third kappa shape index (κ3) is 2.12. The number of esters is 1. The monoisotopic (exact) mass is 183 g/mol. The molecule has 70 valence electrons. The molecule has 1 aliphatic rings. The van der Waals surface area contributed by atoms with Gasteiger partial charge in [0, 0.05) is 0 Å². The Morgan fingerprint density at radius 3 is 2.69 bits per heavy atom. The molecule has 1 aliphatic heterocycles. The fourth-order valence-electron chi connectivity index (χ4n) is 0.821. The minimum Gasteiger partial charge on any atom is -0.471 e. The zero-order chi connectivity index (χ0) is 9.68. The van der Waals surface area contributed by atoms with Gasteiger partial charge in [-0.1, -0.05) is 0 Å². The molecule has 0 spiro atoms. The van der Waals surface area contributed by atoms with Crippen molar-refractivity contribution in [1.29, 1.82) is 0 Å². The van der Waals surface area contributed by atoms with Crippen molar-refractivity contribution in [3.05, 3.63) is 23.1 Å². The quantitative estimate of drug-likeness (QED) is 0.359. The maximum atomic E-state index is 11.1. The normalized spacial score (nSPS) is 14.0. The van der Waals surface area contributed by atoms with E-state index in [0.717, 1.165) is 0 Å². The number of hydrogen-bond acceptors (Lipinski definition) is 4. The molecule has 0 atom stereocenters. The molecule has 5 nitrogen and oxygen atoms in total. The van der Waals surface area contributed by atoms with Crippen molar-refractivity contribution in [1.82, 2.24) is 0 Å². The highest BCUT2D eigenvalue weighted by Crippen LogP contribution is 2.15. The maximum absolute atomic E-state index is 11.1. The predicted octanol–water partition coefficient (Wildman–Crippen LogP) is 0.685. The van der Waals surface area contributed by atoms with Gasteiger partial charge in [-0.3, -0.25) is 4.79 Å². The SMILES string of the molecule is [C-]#[N+]C(C(=O)OCC)=C1OCCO1. The summed E-state index contributed by atoms with van der Waals surface area (Å²) in [7, 11) is 0. The van der Waals surface area contributed by atoms with E-state index in [1.165, 1.54) is 0 Å². The van der Waals surface area contributed by atoms with Crippen LogP contribution in [0, 0.1) is 6.57 Å². The standard InChI is InChI=1S/C8H9NO4/c1-3-11-7(10)6(9-2)8-12-4-5-13-8/h3-5H2,1H3. The van der Waals surface area contributed by atoms with Gasteiger partial charge < -0.3 is 14.2 Å². The van der Waals surface area contributed by atoms with Crippen molar-refractivity contribution in [3.8, 4) is 0 Å². The second-order valence-corrected chi connectivity index (χ2v) is 2.17. The summed E-state index contributed by atoms with van der Waals surface area (Å²) in [6.45, 7) is 9.37. The second-order valence-electron chi connectivity index (χ2n) is 2.17. The first kappa shape index (κ1) is 9.39. The molecule has 1 heterocycles. The lowest BCUT2D eigenvalue weighted by Crippen LogP contribution is -2.08. The van der Waals surface area contributed by atoms with Crippen LogP contribution in [0.4, 0.5) is 0 Å². The Bertz CT molecular complexity index is 268. The van der Waals surface area contributed by atoms with Gasteiger partial charge >= 0.3 is 11.7 Å². The van der Waals surface area contributed by atoms with Crippen LogP contribution in [0.3, 0.4) is 0 Å². The van der Waals surface area contributed by atoms with Crippen LogP contribution in [-0.2, 0) is 19.0 Å². The third-order valence-electron chi connectivity index (χ3n) is 1.32. The molecular formula is C8H9NO4. The summed E-state index contributed by atoms with van der Waals surface area (Å²) >= 11 is 0. The van der Waals surface area contributed by atoms with Crippen molar-refractivity contribution < 1.29 is 19.0 Å². The van der Waals surface area contributed by atoms with E-state index in [0.29, 0.717) is 13.2 Å². The fraction of sp³-hybridized carbons (Fsp3) is 0.500. The first-order valence-corrected chi connectivity index (χ1v) is 3.84. The Hall–Kier alpha value is -1.70. The molecule has 0 bridgehead atoms. The fourth-order valence-corrected chi connectivity index (χ4v) is 0.821. The Kier molecular flexibility index (Phi) is 3.15. The summed E-state index contributed by atoms with van der Waals surface area (Å²) in [5, 5.41) is 0. The summed E-state index contributed by atoms with van der Waals surface area (Å²) in [6.07, 6.45) is 0. The zero-order valence-corrected chi connectivity index (χ0v) is 7.20. The Morgan fingerprint density at radius 1 is 1.62 bits per heavy atom. The van der Waals surface area contributed by atoms with Gasteiger partial charge in [-0.05, 0) is 6.92 Å². The van der Waals surface area contributed by atoms with E-state index in [1.54, 1.807) is 6.92 Å². The van der Waals surface area contributed by atoms with E-state index < -0.39 is 5.97 Å². The van der Waals surface area contributed by atoms with Crippen molar-refractivity contribution in [2.24, 2.45) is 0 Å². The van der Waals surface area contributed by atoms with Gasteiger partial charge in [0.05, 0.1) is 13.2 Å². The van der Waals surface area contributed by atoms with Crippen molar-refractivity contribution >= 4 is 5.97 Å². The van der Waals surface area contributed by atoms with Crippen LogP contribution in [0.15, 0.2) is 11.6 Å². The number of hydrogen-bond donors (Lipinski definition) is 0. The Morgan fingerprint density at radius 2 is 2.23 bits per heavy atom. The summed E-state index contributed by atoms with van der Waals surface area (Å²) in [5.41, 5.74) is -0.223. The smallest absolute Gasteiger partial charge is 0.346 e. The molecule has 0 amide bonds. The van der Waals surface area contributed by atoms with Gasteiger partial charge in [-0.2, -0.15) is 0 Å². The molecule has 0 radical (unpaired) electrons. The molecule has 1 rings (SSSR count). The minimum atomic E-state index is -0.700. The first-order chi connectivity index (χ1) is 6.29. The van der Waals surface area contributed by atoms with Crippen molar-refractivity contribution in [3.63, 3.8) is 0 Å². The largest absolute Gasteiger partial charge is 0.471 e. The average Bonchev–Trinajstić information content (AvgIpc) is 2.59. The average molecular weight is 183 g/mol. The van der Waals surface area contributed by atoms with E-state index in [9.17, 15) is 4.79 Å². The summed E-state index contributed by atoms with van der Waals surface area (Å²) in [6, 6.07) is 0. The van der Waals surface area contributed by atoms with E-state index in [1.807, 2.05) is 0 Å². The molecule has 1 saturated heterocycles. The Balaban J connectivity index is 2.77. The lowest BCUT2D eigenvalue weighted by molar-refractivity contribution is -0.138. The highest BCUT2D eigenvalue weighted by Gasteiger charge is 2.23. The van der Waals surface area contributed by atoms with Gasteiger partial charge in [0.2, 0.25) is 0 Å². The topological polar surface area (TPSA) is 49.1 Å². The van der Waals surface area contributed by atoms with Crippen LogP contribution in [0.25, 0.3) is 4.85 Å². The van der Waals surface area contributed by atoms with E-state index in [2.05, 4.69) is 9.58 Å². The van der Waals surface area contributed by atoms with Gasteiger partial charge in [-0.25, -0.2) is 4.85 Å². The number of nitrogens with zero attached hydrogens (tertiary/aromatic N) is 1. The van der Waals surface area contributed by atoms with Crippen LogP contribution in [0.5, 0.6) is 0 Å². The lowest BCUT2D eigenvalue weighted by atomic mass is 10.5. The summed E-state index contributed by atoms with van der Waals surface area (Å²) < 4.78 is 14.5. The third-order valence-corrected chi connectivity index (χ3v) is 1.32. The van der Waals surface area contributed by atoms with E-state index >= 15 is 0 Å². The van der Waals surface area contributed by atoms with Crippen LogP contribution in [0.2, 0.25) is 0 Å². The van der Waals surface area contributed by atoms with Crippen molar-refractivity contribution in [2.75, 3.05) is 19.8 Å². The van der Waals surface area contributed by atoms with Crippen molar-refractivity contribution in [2.45, 2.75) is 6.92 Å². The molecule has 13 heavy (non-hydrogen) atoms. The Labute approximate surface area is 75.7 Å². The van der Waals surface area contributed by atoms with E-state index in [-0.39, 0.29) is 18.2 Å². The van der Waals surface area contributed by atoms with Gasteiger partial charge in [0.15, 0.2) is 0 Å². The molecule has 0 aliphatic carbocycles. The van der Waals surface area contributed by atoms with Gasteiger partial charge in [0.1, 0.15) is 13.2 Å². The highest BCUT2D eigenvalue weighted by atomic mass is 16.7. The second kappa shape index (κ2) is 4.36.